The van der Waals surface area contributed by atoms with Crippen LogP contribution in [0.1, 0.15) is 31.2 Å². The minimum atomic E-state index is -2.64. The van der Waals surface area contributed by atoms with E-state index < -0.39 is 5.92 Å². The van der Waals surface area contributed by atoms with E-state index in [0.29, 0.717) is 19.0 Å². The van der Waals surface area contributed by atoms with Crippen molar-refractivity contribution in [3.63, 3.8) is 0 Å². The van der Waals surface area contributed by atoms with Gasteiger partial charge in [0.05, 0.1) is 43.6 Å². The van der Waals surface area contributed by atoms with Gasteiger partial charge in [-0.2, -0.15) is 0 Å². The molecule has 3 heterocycles. The number of halogens is 2. The van der Waals surface area contributed by atoms with E-state index in [4.69, 9.17) is 0 Å². The van der Waals surface area contributed by atoms with Gasteiger partial charge in [0.15, 0.2) is 0 Å². The number of hydrogen-bond acceptors (Lipinski definition) is 5. The second-order valence-electron chi connectivity index (χ2n) is 10.2. The molecule has 0 unspecified atom stereocenters. The highest BCUT2D eigenvalue weighted by atomic mass is 19.3. The molecule has 1 spiro atoms. The predicted molar refractivity (Wildman–Crippen MR) is 123 cm³/mol. The van der Waals surface area contributed by atoms with Crippen LogP contribution in [0.2, 0.25) is 0 Å². The smallest absolute Gasteiger partial charge is 0.322 e. The number of hydrogen-bond donors (Lipinski definition) is 1. The molecule has 1 aromatic carbocycles. The molecule has 1 aromatic rings. The monoisotopic (exact) mass is 458 g/mol. The number of rotatable bonds is 3. The van der Waals surface area contributed by atoms with Crippen LogP contribution in [0, 0.1) is 0 Å². The molecule has 0 radical (unpaired) electrons. The molecule has 5 rings (SSSR count). The fraction of sp³-hybridized carbons (Fsp3) is 0.583. The highest BCUT2D eigenvalue weighted by Gasteiger charge is 2.51. The summed E-state index contributed by atoms with van der Waals surface area (Å²) in [6.45, 7) is 0.468. The fourth-order valence-electron chi connectivity index (χ4n) is 5.83. The Hall–Kier alpha value is -2.68. The van der Waals surface area contributed by atoms with Crippen molar-refractivity contribution in [2.45, 2.75) is 42.7 Å². The Bertz CT molecular complexity index is 976. The van der Waals surface area contributed by atoms with Crippen molar-refractivity contribution in [3.8, 4) is 0 Å². The highest BCUT2D eigenvalue weighted by Crippen LogP contribution is 2.46. The molecule has 3 aliphatic heterocycles. The summed E-state index contributed by atoms with van der Waals surface area (Å²) in [4.78, 5) is 24.9. The molecule has 4 aliphatic rings. The van der Waals surface area contributed by atoms with Crippen molar-refractivity contribution >= 4 is 12.0 Å². The maximum absolute atomic E-state index is 13.3. The van der Waals surface area contributed by atoms with Gasteiger partial charge in [0, 0.05) is 12.6 Å². The molecular weight excluding hydrogens is 426 g/mol. The molecule has 2 saturated heterocycles. The average Bonchev–Trinajstić information content (AvgIpc) is 3.09. The van der Waals surface area contributed by atoms with Crippen LogP contribution in [0.15, 0.2) is 47.2 Å². The summed E-state index contributed by atoms with van der Waals surface area (Å²) >= 11 is 0. The van der Waals surface area contributed by atoms with Crippen LogP contribution in [-0.4, -0.2) is 90.4 Å². The number of nitrogens with one attached hydrogen (secondary N) is 1. The van der Waals surface area contributed by atoms with Crippen LogP contribution in [-0.2, 0) is 5.54 Å². The third-order valence-corrected chi connectivity index (χ3v) is 7.82. The first-order valence-electron chi connectivity index (χ1n) is 11.6. The summed E-state index contributed by atoms with van der Waals surface area (Å²) in [5.41, 5.74) is 1.83. The first kappa shape index (κ1) is 22.1. The highest BCUT2D eigenvalue weighted by molar-refractivity contribution is 5.84. The summed E-state index contributed by atoms with van der Waals surface area (Å²) in [6, 6.07) is 10.5. The number of urea groups is 1. The first-order chi connectivity index (χ1) is 15.6. The van der Waals surface area contributed by atoms with Crippen molar-refractivity contribution in [1.82, 2.24) is 24.9 Å². The Kier molecular flexibility index (Phi) is 5.15. The van der Waals surface area contributed by atoms with Gasteiger partial charge in [0.25, 0.3) is 5.92 Å². The molecule has 0 atom stereocenters. The van der Waals surface area contributed by atoms with Crippen molar-refractivity contribution in [2.24, 2.45) is 4.99 Å². The number of carbonyl (C=O) groups excluding carboxylic acids is 1. The van der Waals surface area contributed by atoms with E-state index >= 15 is 0 Å². The van der Waals surface area contributed by atoms with Gasteiger partial charge in [-0.05, 0) is 45.3 Å². The Morgan fingerprint density at radius 3 is 2.27 bits per heavy atom. The lowest BCUT2D eigenvalue weighted by molar-refractivity contribution is -0.105. The Morgan fingerprint density at radius 1 is 1.03 bits per heavy atom. The number of benzene rings is 1. The minimum Gasteiger partial charge on any atom is -0.340 e. The molecule has 2 amide bonds. The third kappa shape index (κ3) is 3.76. The number of aliphatic imine (C=N–C) groups is 1. The zero-order chi connectivity index (χ0) is 23.4. The van der Waals surface area contributed by atoms with Crippen LogP contribution in [0.25, 0.3) is 0 Å². The number of nitrogens with zero attached hydrogens (tertiary/aromatic N) is 5. The number of alkyl halides is 2. The van der Waals surface area contributed by atoms with Gasteiger partial charge in [-0.15, -0.1) is 0 Å². The largest absolute Gasteiger partial charge is 0.340 e. The van der Waals surface area contributed by atoms with Crippen LogP contribution >= 0.6 is 0 Å². The van der Waals surface area contributed by atoms with E-state index in [-0.39, 0.29) is 30.2 Å². The van der Waals surface area contributed by atoms with E-state index in [1.807, 2.05) is 18.0 Å². The summed E-state index contributed by atoms with van der Waals surface area (Å²) in [6.07, 6.45) is 5.37. The van der Waals surface area contributed by atoms with E-state index in [1.165, 1.54) is 5.56 Å². The van der Waals surface area contributed by atoms with Crippen LogP contribution in [0.3, 0.4) is 0 Å². The Labute approximate surface area is 193 Å². The molecule has 7 nitrogen and oxygen atoms in total. The van der Waals surface area contributed by atoms with Gasteiger partial charge in [-0.1, -0.05) is 30.3 Å². The van der Waals surface area contributed by atoms with Gasteiger partial charge < -0.3 is 15.1 Å². The quantitative estimate of drug-likeness (QED) is 0.757. The second kappa shape index (κ2) is 7.68. The Balaban J connectivity index is 1.30. The first-order valence-corrected chi connectivity index (χ1v) is 11.6. The number of likely N-dealkylation sites (N-methyl/N-ethyl adjacent to an activating group) is 1. The van der Waals surface area contributed by atoms with Gasteiger partial charge >= 0.3 is 6.03 Å². The van der Waals surface area contributed by atoms with Crippen LogP contribution < -0.4 is 5.32 Å². The van der Waals surface area contributed by atoms with Crippen LogP contribution in [0.4, 0.5) is 13.6 Å². The summed E-state index contributed by atoms with van der Waals surface area (Å²) < 4.78 is 26.5. The van der Waals surface area contributed by atoms with Gasteiger partial charge in [0.1, 0.15) is 0 Å². The minimum absolute atomic E-state index is 0.0343. The van der Waals surface area contributed by atoms with Gasteiger partial charge in [-0.3, -0.25) is 9.80 Å². The summed E-state index contributed by atoms with van der Waals surface area (Å²) in [5.74, 6) is -2.10. The lowest BCUT2D eigenvalue weighted by Crippen LogP contribution is -2.62. The van der Waals surface area contributed by atoms with Crippen LogP contribution in [0.5, 0.6) is 0 Å². The predicted octanol–water partition coefficient (Wildman–Crippen LogP) is 2.88. The van der Waals surface area contributed by atoms with Crippen molar-refractivity contribution in [3.05, 3.63) is 47.8 Å². The molecule has 1 N–H and O–H groups in total. The molecule has 0 bridgehead atoms. The normalized spacial score (nSPS) is 31.5. The molecule has 33 heavy (non-hydrogen) atoms. The van der Waals surface area contributed by atoms with Crippen molar-refractivity contribution < 1.29 is 13.6 Å². The van der Waals surface area contributed by atoms with Crippen molar-refractivity contribution in [2.75, 3.05) is 47.3 Å². The Morgan fingerprint density at radius 2 is 1.70 bits per heavy atom. The molecule has 1 aliphatic carbocycles. The molecule has 178 valence electrons. The van der Waals surface area contributed by atoms with E-state index in [2.05, 4.69) is 53.6 Å². The summed E-state index contributed by atoms with van der Waals surface area (Å²) in [7, 11) is 6.10. The number of carbonyl (C=O) groups is 1. The third-order valence-electron chi connectivity index (χ3n) is 7.82. The van der Waals surface area contributed by atoms with Gasteiger partial charge in [0.2, 0.25) is 5.96 Å². The number of amides is 2. The lowest BCUT2D eigenvalue weighted by Gasteiger charge is -2.48. The average molecular weight is 459 g/mol. The molecule has 9 heteroatoms. The summed E-state index contributed by atoms with van der Waals surface area (Å²) in [5, 5.41) is 3.28. The zero-order valence-corrected chi connectivity index (χ0v) is 19.5. The van der Waals surface area contributed by atoms with E-state index in [0.717, 1.165) is 31.4 Å². The molecular formula is C24H32F2N6O. The second-order valence-corrected chi connectivity index (χ2v) is 10.2. The van der Waals surface area contributed by atoms with Crippen molar-refractivity contribution in [1.29, 1.82) is 0 Å². The molecule has 1 saturated carbocycles. The number of guanidine groups is 1. The van der Waals surface area contributed by atoms with E-state index in [1.54, 1.807) is 16.0 Å². The zero-order valence-electron chi connectivity index (χ0n) is 19.5. The number of likely N-dealkylation sites (tertiary alicyclic amines) is 1. The molecule has 3 fully saturated rings. The van der Waals surface area contributed by atoms with Gasteiger partial charge in [-0.25, -0.2) is 18.6 Å². The lowest BCUT2D eigenvalue weighted by atomic mass is 9.69. The SMILES string of the molecule is CN1CC(N2C[C@]3(CC[C@](c4ccccc4)(N(C)C)CC3)NC2=O)=CN=C1N1CC(F)(F)C1. The fourth-order valence-corrected chi connectivity index (χ4v) is 5.83. The maximum Gasteiger partial charge on any atom is 0.322 e. The maximum atomic E-state index is 13.3. The van der Waals surface area contributed by atoms with E-state index in [9.17, 15) is 13.6 Å². The molecule has 0 aromatic heterocycles. The topological polar surface area (TPSA) is 54.4 Å². The standard InChI is InChI=1S/C24H32F2N6O/c1-29(2)23(18-7-5-4-6-8-18)11-9-22(10-12-23)15-32(21(33)28-22)19-13-27-20(30(3)14-19)31-16-24(25,26)17-31/h4-8,13H,9-12,14-17H2,1-3H3,(H,28,33)/t22-,23+.